The molecular formula is C23H25N3O4S. The van der Waals surface area contributed by atoms with Crippen LogP contribution in [0.4, 0.5) is 0 Å². The Morgan fingerprint density at radius 2 is 1.68 bits per heavy atom. The summed E-state index contributed by atoms with van der Waals surface area (Å²) >= 11 is 0. The SMILES string of the molecule is O=C(NCc1ccccc1)c1cc(=O)[nH]c2ccc(S(=O)(=O)N3CCCCCC3)cc12. The molecule has 2 N–H and O–H groups in total. The molecule has 1 amide bonds. The van der Waals surface area contributed by atoms with Crippen molar-refractivity contribution in [1.82, 2.24) is 14.6 Å². The minimum absolute atomic E-state index is 0.131. The Bertz CT molecular complexity index is 1240. The van der Waals surface area contributed by atoms with Crippen LogP contribution in [0.2, 0.25) is 0 Å². The van der Waals surface area contributed by atoms with E-state index in [2.05, 4.69) is 10.3 Å². The van der Waals surface area contributed by atoms with Gasteiger partial charge in [-0.15, -0.1) is 0 Å². The molecule has 8 heteroatoms. The Labute approximate surface area is 181 Å². The van der Waals surface area contributed by atoms with Gasteiger partial charge < -0.3 is 10.3 Å². The lowest BCUT2D eigenvalue weighted by atomic mass is 10.1. The molecule has 3 aromatic rings. The van der Waals surface area contributed by atoms with E-state index in [-0.39, 0.29) is 10.5 Å². The Morgan fingerprint density at radius 1 is 0.968 bits per heavy atom. The maximum atomic E-state index is 13.2. The van der Waals surface area contributed by atoms with Crippen LogP contribution in [0.25, 0.3) is 10.9 Å². The second-order valence-electron chi connectivity index (χ2n) is 7.74. The zero-order chi connectivity index (χ0) is 21.8. The molecule has 1 fully saturated rings. The lowest BCUT2D eigenvalue weighted by molar-refractivity contribution is 0.0952. The first-order valence-electron chi connectivity index (χ1n) is 10.4. The van der Waals surface area contributed by atoms with E-state index in [0.717, 1.165) is 31.2 Å². The Balaban J connectivity index is 1.69. The molecular weight excluding hydrogens is 414 g/mol. The van der Waals surface area contributed by atoms with E-state index in [1.54, 1.807) is 6.07 Å². The van der Waals surface area contributed by atoms with Gasteiger partial charge in [0, 0.05) is 36.6 Å². The monoisotopic (exact) mass is 439 g/mol. The van der Waals surface area contributed by atoms with Gasteiger partial charge in [-0.3, -0.25) is 9.59 Å². The molecule has 1 aromatic heterocycles. The van der Waals surface area contributed by atoms with Gasteiger partial charge in [-0.1, -0.05) is 43.2 Å². The molecule has 7 nitrogen and oxygen atoms in total. The zero-order valence-corrected chi connectivity index (χ0v) is 18.0. The normalized spacial score (nSPS) is 15.5. The van der Waals surface area contributed by atoms with E-state index in [4.69, 9.17) is 0 Å². The minimum atomic E-state index is -3.68. The second kappa shape index (κ2) is 9.03. The van der Waals surface area contributed by atoms with Gasteiger partial charge >= 0.3 is 0 Å². The Hall–Kier alpha value is -2.97. The van der Waals surface area contributed by atoms with Crippen LogP contribution in [0.15, 0.2) is 64.3 Å². The predicted molar refractivity (Wildman–Crippen MR) is 119 cm³/mol. The van der Waals surface area contributed by atoms with Crippen molar-refractivity contribution in [1.29, 1.82) is 0 Å². The fourth-order valence-corrected chi connectivity index (χ4v) is 5.43. The highest BCUT2D eigenvalue weighted by molar-refractivity contribution is 7.89. The van der Waals surface area contributed by atoms with E-state index in [1.165, 1.54) is 22.5 Å². The molecule has 0 radical (unpaired) electrons. The van der Waals surface area contributed by atoms with Crippen molar-refractivity contribution in [3.63, 3.8) is 0 Å². The number of aromatic nitrogens is 1. The number of fused-ring (bicyclic) bond motifs is 1. The highest BCUT2D eigenvalue weighted by Gasteiger charge is 2.26. The smallest absolute Gasteiger partial charge is 0.252 e. The lowest BCUT2D eigenvalue weighted by Crippen LogP contribution is -2.32. The molecule has 0 aliphatic carbocycles. The fourth-order valence-electron chi connectivity index (χ4n) is 3.89. The summed E-state index contributed by atoms with van der Waals surface area (Å²) in [4.78, 5) is 27.8. The molecule has 0 saturated carbocycles. The number of nitrogens with zero attached hydrogens (tertiary/aromatic N) is 1. The van der Waals surface area contributed by atoms with E-state index >= 15 is 0 Å². The van der Waals surface area contributed by atoms with Crippen molar-refractivity contribution in [2.24, 2.45) is 0 Å². The topological polar surface area (TPSA) is 99.3 Å². The average molecular weight is 440 g/mol. The molecule has 0 spiro atoms. The summed E-state index contributed by atoms with van der Waals surface area (Å²) < 4.78 is 27.9. The molecule has 0 bridgehead atoms. The number of hydrogen-bond donors (Lipinski definition) is 2. The second-order valence-corrected chi connectivity index (χ2v) is 9.68. The molecule has 1 saturated heterocycles. The number of sulfonamides is 1. The van der Waals surface area contributed by atoms with Crippen molar-refractivity contribution in [2.45, 2.75) is 37.1 Å². The maximum absolute atomic E-state index is 13.2. The van der Waals surface area contributed by atoms with Crippen LogP contribution in [-0.2, 0) is 16.6 Å². The van der Waals surface area contributed by atoms with Crippen LogP contribution in [0, 0.1) is 0 Å². The summed E-state index contributed by atoms with van der Waals surface area (Å²) in [5, 5.41) is 3.22. The fraction of sp³-hybridized carbons (Fsp3) is 0.304. The van der Waals surface area contributed by atoms with E-state index in [9.17, 15) is 18.0 Å². The number of aromatic amines is 1. The summed E-state index contributed by atoms with van der Waals surface area (Å²) in [7, 11) is -3.68. The number of benzene rings is 2. The van der Waals surface area contributed by atoms with Gasteiger partial charge in [0.05, 0.1) is 10.5 Å². The van der Waals surface area contributed by atoms with Crippen molar-refractivity contribution >= 4 is 26.8 Å². The lowest BCUT2D eigenvalue weighted by Gasteiger charge is -2.20. The molecule has 31 heavy (non-hydrogen) atoms. The van der Waals surface area contributed by atoms with Gasteiger partial charge in [-0.25, -0.2) is 8.42 Å². The number of nitrogens with one attached hydrogen (secondary N) is 2. The first-order valence-corrected chi connectivity index (χ1v) is 11.9. The summed E-state index contributed by atoms with van der Waals surface area (Å²) in [6, 6.07) is 15.2. The van der Waals surface area contributed by atoms with E-state index < -0.39 is 21.5 Å². The highest BCUT2D eigenvalue weighted by atomic mass is 32.2. The number of pyridine rings is 1. The number of carbonyl (C=O) groups is 1. The summed E-state index contributed by atoms with van der Waals surface area (Å²) in [6.45, 7) is 1.30. The van der Waals surface area contributed by atoms with E-state index in [0.29, 0.717) is 30.5 Å². The van der Waals surface area contributed by atoms with Crippen LogP contribution in [0.3, 0.4) is 0 Å². The van der Waals surface area contributed by atoms with Gasteiger partial charge in [0.15, 0.2) is 0 Å². The summed E-state index contributed by atoms with van der Waals surface area (Å²) in [5.74, 6) is -0.427. The number of H-pyrrole nitrogens is 1. The average Bonchev–Trinajstić information content (AvgIpc) is 3.07. The number of hydrogen-bond acceptors (Lipinski definition) is 4. The maximum Gasteiger partial charge on any atom is 0.252 e. The molecule has 2 heterocycles. The first kappa shape index (κ1) is 21.3. The molecule has 0 unspecified atom stereocenters. The van der Waals surface area contributed by atoms with Crippen LogP contribution in [0.5, 0.6) is 0 Å². The number of carbonyl (C=O) groups excluding carboxylic acids is 1. The van der Waals surface area contributed by atoms with Crippen LogP contribution in [-0.4, -0.2) is 36.7 Å². The predicted octanol–water partition coefficient (Wildman–Crippen LogP) is 3.02. The van der Waals surface area contributed by atoms with Gasteiger partial charge in [-0.05, 0) is 36.6 Å². The zero-order valence-electron chi connectivity index (χ0n) is 17.1. The van der Waals surface area contributed by atoms with Crippen molar-refractivity contribution in [3.8, 4) is 0 Å². The van der Waals surface area contributed by atoms with Gasteiger partial charge in [0.25, 0.3) is 5.91 Å². The first-order chi connectivity index (χ1) is 14.9. The highest BCUT2D eigenvalue weighted by Crippen LogP contribution is 2.25. The Morgan fingerprint density at radius 3 is 2.39 bits per heavy atom. The van der Waals surface area contributed by atoms with Crippen molar-refractivity contribution in [3.05, 3.63) is 76.1 Å². The van der Waals surface area contributed by atoms with Crippen LogP contribution >= 0.6 is 0 Å². The molecule has 2 aromatic carbocycles. The third-order valence-corrected chi connectivity index (χ3v) is 7.45. The van der Waals surface area contributed by atoms with Gasteiger partial charge in [0.1, 0.15) is 0 Å². The largest absolute Gasteiger partial charge is 0.348 e. The van der Waals surface area contributed by atoms with Gasteiger partial charge in [-0.2, -0.15) is 4.31 Å². The molecule has 4 rings (SSSR count). The van der Waals surface area contributed by atoms with Crippen LogP contribution < -0.4 is 10.9 Å². The Kier molecular flexibility index (Phi) is 6.20. The molecule has 1 aliphatic heterocycles. The van der Waals surface area contributed by atoms with Crippen molar-refractivity contribution in [2.75, 3.05) is 13.1 Å². The van der Waals surface area contributed by atoms with E-state index in [1.807, 2.05) is 30.3 Å². The van der Waals surface area contributed by atoms with Gasteiger partial charge in [0.2, 0.25) is 15.6 Å². The standard InChI is InChI=1S/C23H25N3O4S/c27-22-15-20(23(28)24-16-17-8-4-3-5-9-17)19-14-18(10-11-21(19)25-22)31(29,30)26-12-6-1-2-7-13-26/h3-5,8-11,14-15H,1-2,6-7,12-13,16H2,(H,24,28)(H,25,27). The molecule has 162 valence electrons. The molecule has 0 atom stereocenters. The summed E-state index contributed by atoms with van der Waals surface area (Å²) in [6.07, 6.45) is 3.73. The summed E-state index contributed by atoms with van der Waals surface area (Å²) in [5.41, 5.74) is 1.09. The number of rotatable bonds is 5. The third kappa shape index (κ3) is 4.70. The minimum Gasteiger partial charge on any atom is -0.348 e. The number of amides is 1. The third-order valence-electron chi connectivity index (χ3n) is 5.56. The quantitative estimate of drug-likeness (QED) is 0.638. The van der Waals surface area contributed by atoms with Crippen LogP contribution in [0.1, 0.15) is 41.6 Å². The molecule has 1 aliphatic rings. The van der Waals surface area contributed by atoms with Crippen molar-refractivity contribution < 1.29 is 13.2 Å².